The molecule has 52 valence electrons. The fourth-order valence-electron chi connectivity index (χ4n) is 0.0500. The average Bonchev–Trinajstić information content (AvgIpc) is 1.68. The SMILES string of the molecule is CC(C)(CO)CO.S. The van der Waals surface area contributed by atoms with Crippen molar-refractivity contribution >= 4 is 13.5 Å². The van der Waals surface area contributed by atoms with E-state index in [2.05, 4.69) is 0 Å². The normalized spacial score (nSPS) is 10.5. The molecule has 0 bridgehead atoms. The zero-order chi connectivity index (χ0) is 5.91. The number of hydrogen-bond donors (Lipinski definition) is 2. The minimum absolute atomic E-state index is 0. The van der Waals surface area contributed by atoms with Crippen LogP contribution in [0.1, 0.15) is 13.8 Å². The standard InChI is InChI=1S/C5H12O2.H2S/c1-5(2,3-6)4-7;/h6-7H,3-4H2,1-2H3;1H2. The van der Waals surface area contributed by atoms with Gasteiger partial charge in [-0.15, -0.1) is 0 Å². The van der Waals surface area contributed by atoms with E-state index in [0.717, 1.165) is 0 Å². The van der Waals surface area contributed by atoms with Crippen LogP contribution >= 0.6 is 13.5 Å². The van der Waals surface area contributed by atoms with Gasteiger partial charge in [0.25, 0.3) is 0 Å². The lowest BCUT2D eigenvalue weighted by Crippen LogP contribution is -2.20. The second kappa shape index (κ2) is 4.18. The maximum atomic E-state index is 8.43. The van der Waals surface area contributed by atoms with Gasteiger partial charge in [-0.1, -0.05) is 13.8 Å². The maximum absolute atomic E-state index is 8.43. The Labute approximate surface area is 57.0 Å². The Morgan fingerprint density at radius 2 is 1.38 bits per heavy atom. The van der Waals surface area contributed by atoms with Crippen molar-refractivity contribution in [2.24, 2.45) is 5.41 Å². The Hall–Kier alpha value is 0.270. The minimum Gasteiger partial charge on any atom is -0.396 e. The molecule has 0 aliphatic rings. The number of rotatable bonds is 2. The first-order valence-corrected chi connectivity index (χ1v) is 2.34. The van der Waals surface area contributed by atoms with Crippen LogP contribution in [-0.2, 0) is 0 Å². The van der Waals surface area contributed by atoms with Gasteiger partial charge < -0.3 is 10.2 Å². The van der Waals surface area contributed by atoms with Crippen molar-refractivity contribution < 1.29 is 10.2 Å². The summed E-state index contributed by atoms with van der Waals surface area (Å²) >= 11 is 0. The molecule has 0 saturated carbocycles. The first-order valence-electron chi connectivity index (χ1n) is 2.34. The van der Waals surface area contributed by atoms with E-state index in [1.807, 2.05) is 0 Å². The molecule has 2 N–H and O–H groups in total. The van der Waals surface area contributed by atoms with Crippen molar-refractivity contribution in [1.82, 2.24) is 0 Å². The minimum atomic E-state index is -0.306. The summed E-state index contributed by atoms with van der Waals surface area (Å²) in [6.45, 7) is 3.69. The fourth-order valence-corrected chi connectivity index (χ4v) is 0.0500. The quantitative estimate of drug-likeness (QED) is 0.568. The summed E-state index contributed by atoms with van der Waals surface area (Å²) in [5.74, 6) is 0. The number of aliphatic hydroxyl groups is 2. The lowest BCUT2D eigenvalue weighted by Gasteiger charge is -2.16. The molecule has 0 saturated heterocycles. The molecule has 0 aromatic rings. The van der Waals surface area contributed by atoms with Crippen molar-refractivity contribution in [3.05, 3.63) is 0 Å². The summed E-state index contributed by atoms with van der Waals surface area (Å²) in [4.78, 5) is 0. The molecule has 0 spiro atoms. The van der Waals surface area contributed by atoms with Gasteiger partial charge in [0.1, 0.15) is 0 Å². The largest absolute Gasteiger partial charge is 0.396 e. The molecule has 0 aromatic heterocycles. The molecule has 0 amide bonds. The average molecular weight is 138 g/mol. The van der Waals surface area contributed by atoms with E-state index in [0.29, 0.717) is 0 Å². The van der Waals surface area contributed by atoms with Crippen molar-refractivity contribution in [1.29, 1.82) is 0 Å². The maximum Gasteiger partial charge on any atom is 0.0504 e. The number of hydrogen-bond acceptors (Lipinski definition) is 2. The van der Waals surface area contributed by atoms with Crippen LogP contribution in [-0.4, -0.2) is 23.4 Å². The Balaban J connectivity index is 0. The van der Waals surface area contributed by atoms with Gasteiger partial charge in [-0.25, -0.2) is 0 Å². The molecular weight excluding hydrogens is 124 g/mol. The smallest absolute Gasteiger partial charge is 0.0504 e. The summed E-state index contributed by atoms with van der Waals surface area (Å²) in [6.07, 6.45) is 0. The molecule has 0 heterocycles. The van der Waals surface area contributed by atoms with Gasteiger partial charge in [0, 0.05) is 5.41 Å². The van der Waals surface area contributed by atoms with Gasteiger partial charge in [0.15, 0.2) is 0 Å². The number of aliphatic hydroxyl groups excluding tert-OH is 2. The molecule has 2 nitrogen and oxygen atoms in total. The molecule has 3 heteroatoms. The fraction of sp³-hybridized carbons (Fsp3) is 1.00. The second-order valence-electron chi connectivity index (χ2n) is 2.48. The third-order valence-electron chi connectivity index (χ3n) is 0.856. The molecule has 0 aliphatic heterocycles. The Morgan fingerprint density at radius 1 is 1.12 bits per heavy atom. The summed E-state index contributed by atoms with van der Waals surface area (Å²) in [6, 6.07) is 0. The van der Waals surface area contributed by atoms with Crippen LogP contribution in [0.5, 0.6) is 0 Å². The van der Waals surface area contributed by atoms with Gasteiger partial charge in [0.05, 0.1) is 13.2 Å². The van der Waals surface area contributed by atoms with Gasteiger partial charge in [-0.05, 0) is 0 Å². The van der Waals surface area contributed by atoms with E-state index in [1.165, 1.54) is 0 Å². The summed E-state index contributed by atoms with van der Waals surface area (Å²) in [7, 11) is 0. The van der Waals surface area contributed by atoms with Gasteiger partial charge in [-0.3, -0.25) is 0 Å². The van der Waals surface area contributed by atoms with Gasteiger partial charge >= 0.3 is 0 Å². The van der Waals surface area contributed by atoms with E-state index in [-0.39, 0.29) is 32.1 Å². The van der Waals surface area contributed by atoms with E-state index >= 15 is 0 Å². The highest BCUT2D eigenvalue weighted by Crippen LogP contribution is 2.10. The summed E-state index contributed by atoms with van der Waals surface area (Å²) in [5, 5.41) is 16.9. The third kappa shape index (κ3) is 4.43. The lowest BCUT2D eigenvalue weighted by molar-refractivity contribution is 0.0857. The molecule has 0 rings (SSSR count). The molecule has 0 fully saturated rings. The van der Waals surface area contributed by atoms with Gasteiger partial charge in [-0.2, -0.15) is 13.5 Å². The lowest BCUT2D eigenvalue weighted by atomic mass is 9.97. The molecule has 0 aromatic carbocycles. The molecule has 0 radical (unpaired) electrons. The highest BCUT2D eigenvalue weighted by molar-refractivity contribution is 7.59. The topological polar surface area (TPSA) is 40.5 Å². The van der Waals surface area contributed by atoms with E-state index in [1.54, 1.807) is 13.8 Å². The van der Waals surface area contributed by atoms with Crippen molar-refractivity contribution in [2.45, 2.75) is 13.8 Å². The predicted molar refractivity (Wildman–Crippen MR) is 38.3 cm³/mol. The molecule has 8 heavy (non-hydrogen) atoms. The molecule has 0 atom stereocenters. The first-order chi connectivity index (χ1) is 3.12. The Morgan fingerprint density at radius 3 is 1.38 bits per heavy atom. The van der Waals surface area contributed by atoms with Crippen molar-refractivity contribution in [3.63, 3.8) is 0 Å². The highest BCUT2D eigenvalue weighted by Gasteiger charge is 2.13. The van der Waals surface area contributed by atoms with Crippen LogP contribution in [0.4, 0.5) is 0 Å². The first kappa shape index (κ1) is 11.1. The van der Waals surface area contributed by atoms with Crippen LogP contribution in [0.2, 0.25) is 0 Å². The summed E-state index contributed by atoms with van der Waals surface area (Å²) in [5.41, 5.74) is -0.306. The van der Waals surface area contributed by atoms with Crippen LogP contribution in [0, 0.1) is 5.41 Å². The summed E-state index contributed by atoms with van der Waals surface area (Å²) < 4.78 is 0. The monoisotopic (exact) mass is 138 g/mol. The van der Waals surface area contributed by atoms with E-state index in [9.17, 15) is 0 Å². The second-order valence-corrected chi connectivity index (χ2v) is 2.48. The van der Waals surface area contributed by atoms with Crippen LogP contribution in [0.3, 0.4) is 0 Å². The zero-order valence-corrected chi connectivity index (χ0v) is 6.31. The van der Waals surface area contributed by atoms with Gasteiger partial charge in [0.2, 0.25) is 0 Å². The highest BCUT2D eigenvalue weighted by atomic mass is 32.1. The predicted octanol–water partition coefficient (Wildman–Crippen LogP) is 0.110. The third-order valence-corrected chi connectivity index (χ3v) is 0.856. The van der Waals surface area contributed by atoms with Crippen LogP contribution < -0.4 is 0 Å². The molecule has 0 unspecified atom stereocenters. The molecular formula is C5H14O2S. The Bertz CT molecular complexity index is 48.4. The van der Waals surface area contributed by atoms with Crippen LogP contribution in [0.15, 0.2) is 0 Å². The zero-order valence-electron chi connectivity index (χ0n) is 5.31. The van der Waals surface area contributed by atoms with Crippen molar-refractivity contribution in [3.8, 4) is 0 Å². The molecule has 0 aliphatic carbocycles. The van der Waals surface area contributed by atoms with Crippen LogP contribution in [0.25, 0.3) is 0 Å². The Kier molecular flexibility index (Phi) is 5.81. The van der Waals surface area contributed by atoms with E-state index in [4.69, 9.17) is 10.2 Å². The van der Waals surface area contributed by atoms with Crippen molar-refractivity contribution in [2.75, 3.05) is 13.2 Å². The van der Waals surface area contributed by atoms with E-state index < -0.39 is 0 Å².